The van der Waals surface area contributed by atoms with Gasteiger partial charge in [0.05, 0.1) is 18.1 Å². The third kappa shape index (κ3) is 2.53. The molecule has 2 aromatic rings. The van der Waals surface area contributed by atoms with Crippen molar-refractivity contribution in [2.75, 3.05) is 6.54 Å². The smallest absolute Gasteiger partial charge is 0.0915 e. The fourth-order valence-corrected chi connectivity index (χ4v) is 3.41. The van der Waals surface area contributed by atoms with Crippen molar-refractivity contribution in [3.8, 4) is 0 Å². The Hall–Kier alpha value is -2.13. The molecule has 0 aromatic heterocycles. The van der Waals surface area contributed by atoms with Gasteiger partial charge in [0.2, 0.25) is 0 Å². The van der Waals surface area contributed by atoms with Crippen LogP contribution in [0.25, 0.3) is 0 Å². The summed E-state index contributed by atoms with van der Waals surface area (Å²) in [5.74, 6) is 0. The monoisotopic (exact) mass is 292 g/mol. The van der Waals surface area contributed by atoms with Crippen molar-refractivity contribution >= 4 is 12.0 Å². The standard InChI is InChI=1S/C19H20N2O/c22-19-8-6-15-5-7-17(11-18(15)19)20-13-21-10-9-14-3-1-2-4-16(14)12-21/h1-5,7,11,13,19,22H,6,8-10,12H2. The van der Waals surface area contributed by atoms with Crippen molar-refractivity contribution in [3.63, 3.8) is 0 Å². The Morgan fingerprint density at radius 2 is 1.91 bits per heavy atom. The summed E-state index contributed by atoms with van der Waals surface area (Å²) in [6.45, 7) is 1.93. The topological polar surface area (TPSA) is 35.8 Å². The summed E-state index contributed by atoms with van der Waals surface area (Å²) in [5, 5.41) is 9.97. The van der Waals surface area contributed by atoms with Crippen molar-refractivity contribution in [3.05, 3.63) is 64.7 Å². The Morgan fingerprint density at radius 1 is 1.05 bits per heavy atom. The molecule has 1 heterocycles. The highest BCUT2D eigenvalue weighted by atomic mass is 16.3. The Bertz CT molecular complexity index is 723. The number of hydrogen-bond acceptors (Lipinski definition) is 2. The molecule has 1 atom stereocenters. The van der Waals surface area contributed by atoms with E-state index in [0.717, 1.165) is 43.6 Å². The highest BCUT2D eigenvalue weighted by molar-refractivity contribution is 5.63. The van der Waals surface area contributed by atoms with Gasteiger partial charge < -0.3 is 10.0 Å². The van der Waals surface area contributed by atoms with E-state index in [-0.39, 0.29) is 6.10 Å². The zero-order valence-corrected chi connectivity index (χ0v) is 12.6. The van der Waals surface area contributed by atoms with Crippen molar-refractivity contribution in [2.45, 2.75) is 31.9 Å². The number of benzene rings is 2. The van der Waals surface area contributed by atoms with E-state index in [4.69, 9.17) is 0 Å². The normalized spacial score (nSPS) is 20.2. The molecule has 2 aromatic carbocycles. The number of aliphatic hydroxyl groups excluding tert-OH is 1. The van der Waals surface area contributed by atoms with Crippen molar-refractivity contribution in [1.82, 2.24) is 4.90 Å². The molecule has 3 heteroatoms. The number of hydrogen-bond donors (Lipinski definition) is 1. The highest BCUT2D eigenvalue weighted by Crippen LogP contribution is 2.33. The summed E-state index contributed by atoms with van der Waals surface area (Å²) in [4.78, 5) is 6.86. The van der Waals surface area contributed by atoms with E-state index in [1.54, 1.807) is 0 Å². The summed E-state index contributed by atoms with van der Waals surface area (Å²) >= 11 is 0. The van der Waals surface area contributed by atoms with Crippen molar-refractivity contribution in [2.24, 2.45) is 4.99 Å². The molecule has 1 unspecified atom stereocenters. The Kier molecular flexibility index (Phi) is 3.43. The number of nitrogens with zero attached hydrogens (tertiary/aromatic N) is 2. The average Bonchev–Trinajstić information content (AvgIpc) is 2.93. The predicted molar refractivity (Wildman–Crippen MR) is 88.4 cm³/mol. The first-order valence-electron chi connectivity index (χ1n) is 7.95. The Balaban J connectivity index is 1.50. The largest absolute Gasteiger partial charge is 0.388 e. The van der Waals surface area contributed by atoms with Crippen molar-refractivity contribution < 1.29 is 5.11 Å². The lowest BCUT2D eigenvalue weighted by molar-refractivity contribution is 0.180. The van der Waals surface area contributed by atoms with Gasteiger partial charge in [-0.2, -0.15) is 0 Å². The molecule has 0 spiro atoms. The second-order valence-corrected chi connectivity index (χ2v) is 6.17. The average molecular weight is 292 g/mol. The van der Waals surface area contributed by atoms with Gasteiger partial charge in [0.25, 0.3) is 0 Å². The molecule has 1 aliphatic carbocycles. The Labute approximate surface area is 130 Å². The van der Waals surface area contributed by atoms with E-state index in [0.29, 0.717) is 0 Å². The molecule has 2 aliphatic rings. The quantitative estimate of drug-likeness (QED) is 0.680. The first kappa shape index (κ1) is 13.5. The fourth-order valence-electron chi connectivity index (χ4n) is 3.41. The fraction of sp³-hybridized carbons (Fsp3) is 0.316. The predicted octanol–water partition coefficient (Wildman–Crippen LogP) is 3.38. The summed E-state index contributed by atoms with van der Waals surface area (Å²) < 4.78 is 0. The van der Waals surface area contributed by atoms with E-state index in [9.17, 15) is 5.11 Å². The molecule has 3 nitrogen and oxygen atoms in total. The van der Waals surface area contributed by atoms with Crippen LogP contribution >= 0.6 is 0 Å². The summed E-state index contributed by atoms with van der Waals surface area (Å²) in [6, 6.07) is 14.8. The second kappa shape index (κ2) is 5.58. The molecule has 0 amide bonds. The molecule has 0 fully saturated rings. The van der Waals surface area contributed by atoms with Gasteiger partial charge in [0.1, 0.15) is 0 Å². The number of aliphatic imine (C=N–C) groups is 1. The number of aryl methyl sites for hydroxylation is 1. The van der Waals surface area contributed by atoms with Crippen molar-refractivity contribution in [1.29, 1.82) is 0 Å². The third-order valence-corrected chi connectivity index (χ3v) is 4.71. The molecule has 1 aliphatic heterocycles. The molecule has 22 heavy (non-hydrogen) atoms. The summed E-state index contributed by atoms with van der Waals surface area (Å²) in [6.07, 6.45) is 4.52. The van der Waals surface area contributed by atoms with E-state index in [1.807, 2.05) is 18.5 Å². The molecule has 0 bridgehead atoms. The van der Waals surface area contributed by atoms with Gasteiger partial charge in [0.15, 0.2) is 0 Å². The minimum absolute atomic E-state index is 0.313. The lowest BCUT2D eigenvalue weighted by Crippen LogP contribution is -2.29. The van der Waals surface area contributed by atoms with Crippen LogP contribution in [0.4, 0.5) is 5.69 Å². The lowest BCUT2D eigenvalue weighted by Gasteiger charge is -2.26. The van der Waals surface area contributed by atoms with Crippen LogP contribution in [0.2, 0.25) is 0 Å². The lowest BCUT2D eigenvalue weighted by atomic mass is 10.0. The zero-order chi connectivity index (χ0) is 14.9. The Morgan fingerprint density at radius 3 is 2.82 bits per heavy atom. The highest BCUT2D eigenvalue weighted by Gasteiger charge is 2.20. The zero-order valence-electron chi connectivity index (χ0n) is 12.6. The van der Waals surface area contributed by atoms with E-state index in [2.05, 4.69) is 40.2 Å². The maximum absolute atomic E-state index is 9.97. The maximum atomic E-state index is 9.97. The maximum Gasteiger partial charge on any atom is 0.0915 e. The van der Waals surface area contributed by atoms with Crippen LogP contribution in [0.1, 0.15) is 34.8 Å². The minimum Gasteiger partial charge on any atom is -0.388 e. The van der Waals surface area contributed by atoms with Gasteiger partial charge in [-0.1, -0.05) is 30.3 Å². The van der Waals surface area contributed by atoms with E-state index >= 15 is 0 Å². The second-order valence-electron chi connectivity index (χ2n) is 6.17. The number of rotatable bonds is 2. The van der Waals surface area contributed by atoms with Crippen LogP contribution in [0.3, 0.4) is 0 Å². The van der Waals surface area contributed by atoms with Crippen LogP contribution in [-0.4, -0.2) is 22.9 Å². The molecule has 0 saturated heterocycles. The molecule has 1 N–H and O–H groups in total. The number of aliphatic hydroxyl groups is 1. The van der Waals surface area contributed by atoms with Crippen LogP contribution in [-0.2, 0) is 19.4 Å². The first-order chi connectivity index (χ1) is 10.8. The van der Waals surface area contributed by atoms with Gasteiger partial charge in [-0.15, -0.1) is 0 Å². The summed E-state index contributed by atoms with van der Waals surface area (Å²) in [7, 11) is 0. The van der Waals surface area contributed by atoms with Gasteiger partial charge in [-0.3, -0.25) is 0 Å². The molecule has 0 radical (unpaired) electrons. The molecular weight excluding hydrogens is 272 g/mol. The SMILES string of the molecule is OC1CCc2ccc(N=CN3CCc4ccccc4C3)cc21. The van der Waals surface area contributed by atoms with Gasteiger partial charge in [-0.05, 0) is 53.6 Å². The molecule has 112 valence electrons. The number of fused-ring (bicyclic) bond motifs is 2. The van der Waals surface area contributed by atoms with Crippen LogP contribution in [0.15, 0.2) is 47.5 Å². The van der Waals surface area contributed by atoms with Gasteiger partial charge >= 0.3 is 0 Å². The van der Waals surface area contributed by atoms with Crippen LogP contribution in [0.5, 0.6) is 0 Å². The molecule has 0 saturated carbocycles. The summed E-state index contributed by atoms with van der Waals surface area (Å²) in [5.41, 5.74) is 6.09. The third-order valence-electron chi connectivity index (χ3n) is 4.71. The van der Waals surface area contributed by atoms with E-state index in [1.165, 1.54) is 16.7 Å². The molecular formula is C19H20N2O. The van der Waals surface area contributed by atoms with Gasteiger partial charge in [-0.25, -0.2) is 4.99 Å². The van der Waals surface area contributed by atoms with E-state index < -0.39 is 0 Å². The van der Waals surface area contributed by atoms with Crippen LogP contribution < -0.4 is 0 Å². The molecule has 4 rings (SSSR count). The first-order valence-corrected chi connectivity index (χ1v) is 7.95. The minimum atomic E-state index is -0.313. The van der Waals surface area contributed by atoms with Crippen LogP contribution in [0, 0.1) is 0 Å². The van der Waals surface area contributed by atoms with Gasteiger partial charge in [0, 0.05) is 13.1 Å².